The first-order chi connectivity index (χ1) is 11.8. The number of carbonyl (C=O) groups excluding carboxylic acids is 1. The lowest BCUT2D eigenvalue weighted by Crippen LogP contribution is -2.32. The van der Waals surface area contributed by atoms with Crippen molar-refractivity contribution in [2.24, 2.45) is 0 Å². The molecule has 1 aliphatic rings. The summed E-state index contributed by atoms with van der Waals surface area (Å²) in [7, 11) is 0. The number of aldehydes is 1. The van der Waals surface area contributed by atoms with E-state index in [9.17, 15) is 4.79 Å². The van der Waals surface area contributed by atoms with Gasteiger partial charge in [0.15, 0.2) is 5.65 Å². The van der Waals surface area contributed by atoms with Gasteiger partial charge < -0.3 is 11.1 Å². The zero-order chi connectivity index (χ0) is 16.5. The minimum atomic E-state index is 0.249. The van der Waals surface area contributed by atoms with E-state index in [0.717, 1.165) is 54.5 Å². The zero-order valence-electron chi connectivity index (χ0n) is 13.1. The molecule has 24 heavy (non-hydrogen) atoms. The SMILES string of the molecule is Nc1ncnc2c1c(-c1ccc(C=O)cc1)nn2C1CCCNC1. The van der Waals surface area contributed by atoms with Crippen LogP contribution in [0.25, 0.3) is 22.3 Å². The summed E-state index contributed by atoms with van der Waals surface area (Å²) in [5.74, 6) is 0.421. The number of nitrogens with two attached hydrogens (primary N) is 1. The summed E-state index contributed by atoms with van der Waals surface area (Å²) in [6, 6.07) is 7.55. The molecule has 2 aromatic heterocycles. The van der Waals surface area contributed by atoms with Gasteiger partial charge in [0.25, 0.3) is 0 Å². The number of piperidine rings is 1. The van der Waals surface area contributed by atoms with Crippen molar-refractivity contribution >= 4 is 23.1 Å². The summed E-state index contributed by atoms with van der Waals surface area (Å²) >= 11 is 0. The molecule has 3 N–H and O–H groups in total. The number of benzene rings is 1. The third kappa shape index (κ3) is 2.43. The van der Waals surface area contributed by atoms with E-state index >= 15 is 0 Å². The predicted molar refractivity (Wildman–Crippen MR) is 91.7 cm³/mol. The molecule has 0 radical (unpaired) electrons. The lowest BCUT2D eigenvalue weighted by Gasteiger charge is -2.23. The van der Waals surface area contributed by atoms with Gasteiger partial charge in [-0.1, -0.05) is 24.3 Å². The Labute approximate surface area is 138 Å². The average molecular weight is 322 g/mol. The largest absolute Gasteiger partial charge is 0.383 e. The van der Waals surface area contributed by atoms with Crippen molar-refractivity contribution in [2.45, 2.75) is 18.9 Å². The van der Waals surface area contributed by atoms with Crippen LogP contribution in [-0.4, -0.2) is 39.1 Å². The highest BCUT2D eigenvalue weighted by atomic mass is 16.1. The molecule has 3 heterocycles. The molecule has 7 nitrogen and oxygen atoms in total. The fourth-order valence-electron chi connectivity index (χ4n) is 3.21. The second kappa shape index (κ2) is 6.01. The highest BCUT2D eigenvalue weighted by Crippen LogP contribution is 2.32. The van der Waals surface area contributed by atoms with Crippen molar-refractivity contribution in [3.05, 3.63) is 36.2 Å². The number of carbonyl (C=O) groups is 1. The summed E-state index contributed by atoms with van der Waals surface area (Å²) in [6.45, 7) is 1.90. The molecule has 0 saturated carbocycles. The average Bonchev–Trinajstić information content (AvgIpc) is 3.04. The Kier molecular flexibility index (Phi) is 3.70. The number of fused-ring (bicyclic) bond motifs is 1. The van der Waals surface area contributed by atoms with Gasteiger partial charge in [0, 0.05) is 17.7 Å². The van der Waals surface area contributed by atoms with Gasteiger partial charge in [0.1, 0.15) is 24.1 Å². The predicted octanol–water partition coefficient (Wildman–Crippen LogP) is 1.81. The Morgan fingerprint density at radius 3 is 2.79 bits per heavy atom. The Bertz CT molecular complexity index is 880. The molecular formula is C17H18N6O. The lowest BCUT2D eigenvalue weighted by molar-refractivity contribution is 0.112. The molecule has 0 aliphatic carbocycles. The van der Waals surface area contributed by atoms with Crippen LogP contribution in [0.1, 0.15) is 29.2 Å². The number of hydrogen-bond acceptors (Lipinski definition) is 6. The van der Waals surface area contributed by atoms with Crippen LogP contribution in [0.15, 0.2) is 30.6 Å². The Morgan fingerprint density at radius 1 is 1.25 bits per heavy atom. The van der Waals surface area contributed by atoms with Crippen LogP contribution < -0.4 is 11.1 Å². The van der Waals surface area contributed by atoms with Gasteiger partial charge in [0.2, 0.25) is 0 Å². The molecule has 122 valence electrons. The third-order valence-corrected chi connectivity index (χ3v) is 4.46. The van der Waals surface area contributed by atoms with Gasteiger partial charge in [-0.25, -0.2) is 14.6 Å². The normalized spacial score (nSPS) is 17.9. The summed E-state index contributed by atoms with van der Waals surface area (Å²) in [4.78, 5) is 19.4. The van der Waals surface area contributed by atoms with E-state index in [4.69, 9.17) is 10.8 Å². The maximum atomic E-state index is 10.9. The van der Waals surface area contributed by atoms with Crippen molar-refractivity contribution in [3.8, 4) is 11.3 Å². The van der Waals surface area contributed by atoms with Gasteiger partial charge >= 0.3 is 0 Å². The molecule has 0 bridgehead atoms. The molecule has 0 amide bonds. The highest BCUT2D eigenvalue weighted by Gasteiger charge is 2.23. The molecule has 4 rings (SSSR count). The number of hydrogen-bond donors (Lipinski definition) is 2. The van der Waals surface area contributed by atoms with E-state index in [1.807, 2.05) is 16.8 Å². The number of rotatable bonds is 3. The van der Waals surface area contributed by atoms with Crippen molar-refractivity contribution in [3.63, 3.8) is 0 Å². The maximum absolute atomic E-state index is 10.9. The van der Waals surface area contributed by atoms with Crippen LogP contribution in [0.2, 0.25) is 0 Å². The fourth-order valence-corrected chi connectivity index (χ4v) is 3.21. The number of nitrogens with zero attached hydrogens (tertiary/aromatic N) is 4. The number of nitrogen functional groups attached to an aromatic ring is 1. The van der Waals surface area contributed by atoms with E-state index in [1.54, 1.807) is 12.1 Å². The summed E-state index contributed by atoms with van der Waals surface area (Å²) in [5.41, 5.74) is 9.15. The second-order valence-electron chi connectivity index (χ2n) is 5.99. The van der Waals surface area contributed by atoms with Gasteiger partial charge in [0.05, 0.1) is 11.4 Å². The van der Waals surface area contributed by atoms with Crippen LogP contribution in [0.3, 0.4) is 0 Å². The first-order valence-corrected chi connectivity index (χ1v) is 8.03. The zero-order valence-corrected chi connectivity index (χ0v) is 13.1. The summed E-state index contributed by atoms with van der Waals surface area (Å²) < 4.78 is 1.96. The Hall–Kier alpha value is -2.80. The molecule has 3 aromatic rings. The van der Waals surface area contributed by atoms with Crippen LogP contribution in [0, 0.1) is 0 Å². The second-order valence-corrected chi connectivity index (χ2v) is 5.99. The van der Waals surface area contributed by atoms with Gasteiger partial charge in [-0.05, 0) is 19.4 Å². The molecule has 1 saturated heterocycles. The Morgan fingerprint density at radius 2 is 2.08 bits per heavy atom. The summed E-state index contributed by atoms with van der Waals surface area (Å²) in [6.07, 6.45) is 4.46. The van der Waals surface area contributed by atoms with E-state index in [2.05, 4.69) is 15.3 Å². The molecule has 1 fully saturated rings. The molecule has 1 aliphatic heterocycles. The van der Waals surface area contributed by atoms with Crippen molar-refractivity contribution in [2.75, 3.05) is 18.8 Å². The highest BCUT2D eigenvalue weighted by molar-refractivity contribution is 5.98. The van der Waals surface area contributed by atoms with E-state index in [-0.39, 0.29) is 6.04 Å². The van der Waals surface area contributed by atoms with E-state index < -0.39 is 0 Å². The molecule has 1 atom stereocenters. The minimum Gasteiger partial charge on any atom is -0.383 e. The molecule has 0 spiro atoms. The number of anilines is 1. The van der Waals surface area contributed by atoms with Crippen LogP contribution >= 0.6 is 0 Å². The standard InChI is InChI=1S/C17H18N6O/c18-16-14-15(12-5-3-11(9-24)4-6-12)22-23(17(14)21-10-20-16)13-2-1-7-19-8-13/h3-6,9-10,13,19H,1-2,7-8H2,(H2,18,20,21). The van der Waals surface area contributed by atoms with Gasteiger partial charge in [-0.3, -0.25) is 4.79 Å². The molecule has 1 unspecified atom stereocenters. The first kappa shape index (κ1) is 14.8. The molecular weight excluding hydrogens is 304 g/mol. The lowest BCUT2D eigenvalue weighted by atomic mass is 10.1. The van der Waals surface area contributed by atoms with Crippen LogP contribution in [0.5, 0.6) is 0 Å². The molecule has 1 aromatic carbocycles. The third-order valence-electron chi connectivity index (χ3n) is 4.46. The quantitative estimate of drug-likeness (QED) is 0.714. The number of aromatic nitrogens is 4. The van der Waals surface area contributed by atoms with E-state index in [1.165, 1.54) is 6.33 Å². The summed E-state index contributed by atoms with van der Waals surface area (Å²) in [5, 5.41) is 8.97. The minimum absolute atomic E-state index is 0.249. The fraction of sp³-hybridized carbons (Fsp3) is 0.294. The monoisotopic (exact) mass is 322 g/mol. The van der Waals surface area contributed by atoms with E-state index in [0.29, 0.717) is 11.4 Å². The van der Waals surface area contributed by atoms with Crippen LogP contribution in [0.4, 0.5) is 5.82 Å². The first-order valence-electron chi connectivity index (χ1n) is 8.03. The van der Waals surface area contributed by atoms with Gasteiger partial charge in [-0.15, -0.1) is 0 Å². The Balaban J connectivity index is 1.89. The maximum Gasteiger partial charge on any atom is 0.164 e. The smallest absolute Gasteiger partial charge is 0.164 e. The van der Waals surface area contributed by atoms with Crippen molar-refractivity contribution in [1.29, 1.82) is 0 Å². The van der Waals surface area contributed by atoms with Crippen molar-refractivity contribution < 1.29 is 4.79 Å². The van der Waals surface area contributed by atoms with Gasteiger partial charge in [-0.2, -0.15) is 5.10 Å². The molecule has 7 heteroatoms. The topological polar surface area (TPSA) is 98.7 Å². The number of nitrogens with one attached hydrogen (secondary N) is 1. The van der Waals surface area contributed by atoms with Crippen molar-refractivity contribution in [1.82, 2.24) is 25.1 Å². The van der Waals surface area contributed by atoms with Crippen LogP contribution in [-0.2, 0) is 0 Å².